The fraction of sp³-hybridized carbons (Fsp3) is 0.243. The van der Waals surface area contributed by atoms with Crippen molar-refractivity contribution in [1.29, 1.82) is 0 Å². The summed E-state index contributed by atoms with van der Waals surface area (Å²) in [6, 6.07) is 103. The van der Waals surface area contributed by atoms with Gasteiger partial charge in [0.15, 0.2) is 0 Å². The van der Waals surface area contributed by atoms with E-state index >= 15 is 0 Å². The predicted molar refractivity (Wildman–Crippen MR) is 510 cm³/mol. The quantitative estimate of drug-likeness (QED) is 0.0422. The molecule has 0 aliphatic heterocycles. The number of hydrogen-bond acceptors (Lipinski definition) is 6. The van der Waals surface area contributed by atoms with Crippen molar-refractivity contribution in [3.05, 3.63) is 329 Å². The van der Waals surface area contributed by atoms with Crippen LogP contribution in [0.2, 0.25) is 0 Å². The fourth-order valence-electron chi connectivity index (χ4n) is 19.1. The topological polar surface area (TPSA) is 78.9 Å². The first-order valence-corrected chi connectivity index (χ1v) is 42.7. The van der Waals surface area contributed by atoms with Crippen molar-refractivity contribution in [1.82, 2.24) is 0 Å². The summed E-state index contributed by atoms with van der Waals surface area (Å²) in [6.07, 6.45) is 0. The molecule has 6 nitrogen and oxygen atoms in total. The molecule has 0 N–H and O–H groups in total. The molecule has 0 radical (unpaired) electrons. The zero-order chi connectivity index (χ0) is 85.7. The number of esters is 3. The molecule has 0 aliphatic carbocycles. The second kappa shape index (κ2) is 29.4. The van der Waals surface area contributed by atoms with Crippen LogP contribution in [0.5, 0.6) is 17.2 Å². The van der Waals surface area contributed by atoms with E-state index in [9.17, 15) is 14.4 Å². The van der Waals surface area contributed by atoms with E-state index in [1.807, 2.05) is 0 Å². The molecule has 17 aromatic rings. The Morgan fingerprint density at radius 3 is 0.595 bits per heavy atom. The largest absolute Gasteiger partial charge is 0.426 e. The van der Waals surface area contributed by atoms with E-state index in [0.717, 1.165) is 175 Å². The van der Waals surface area contributed by atoms with Crippen LogP contribution in [-0.4, -0.2) is 17.9 Å². The summed E-state index contributed by atoms with van der Waals surface area (Å²) in [5, 5.41) is 20.4. The third-order valence-electron chi connectivity index (χ3n) is 25.1. The van der Waals surface area contributed by atoms with E-state index in [4.69, 9.17) is 14.2 Å². The smallest absolute Gasteiger partial charge is 0.308 e. The maximum atomic E-state index is 13.2. The summed E-state index contributed by atoms with van der Waals surface area (Å²) in [5.74, 6) is 0.871. The highest BCUT2D eigenvalue weighted by molar-refractivity contribution is 6.37. The molecule has 6 heteroatoms. The number of ether oxygens (including phenoxy) is 3. The van der Waals surface area contributed by atoms with Crippen LogP contribution in [0.15, 0.2) is 273 Å². The van der Waals surface area contributed by atoms with Crippen LogP contribution >= 0.6 is 0 Å². The van der Waals surface area contributed by atoms with Crippen molar-refractivity contribution in [2.45, 2.75) is 183 Å². The van der Waals surface area contributed by atoms with Crippen LogP contribution in [0.3, 0.4) is 0 Å². The highest BCUT2D eigenvalue weighted by atomic mass is 16.5. The van der Waals surface area contributed by atoms with Gasteiger partial charge < -0.3 is 14.2 Å². The SMILES string of the molecule is CC(=O)Oc1c(C(C)(C)C)cc(-c2ccc3c(c2)c2ccccc2c2cc4c5cc(-c6cc(C(C)(C)C)c(OC(C)=O)c(C(C)(C)C)c6)ccc5c5cc6c7ccc(-c8ccc(C(c9ccccc9)(c9ccccc9)c9ccccc9)cc8)cc7c7ccc(-c8cc(C(C)(C)C)c(OC(C)=O)c(C(C)(C)C)c8)cc7c6cc5c4cc32)cc1C(C)(C)C. The molecular weight excluding hydrogens is 1480 g/mol. The molecule has 0 bridgehead atoms. The predicted octanol–water partition coefficient (Wildman–Crippen LogP) is 30.7. The van der Waals surface area contributed by atoms with Crippen molar-refractivity contribution in [2.75, 3.05) is 0 Å². The Morgan fingerprint density at radius 2 is 0.364 bits per heavy atom. The molecular formula is C115H108O6. The van der Waals surface area contributed by atoms with Gasteiger partial charge in [-0.15, -0.1) is 0 Å². The van der Waals surface area contributed by atoms with Gasteiger partial charge in [-0.1, -0.05) is 313 Å². The third kappa shape index (κ3) is 14.4. The lowest BCUT2D eigenvalue weighted by Crippen LogP contribution is -2.30. The minimum atomic E-state index is -0.610. The first-order chi connectivity index (χ1) is 57.2. The van der Waals surface area contributed by atoms with Crippen LogP contribution in [0, 0.1) is 0 Å². The lowest BCUT2D eigenvalue weighted by Gasteiger charge is -2.37. The highest BCUT2D eigenvalue weighted by Crippen LogP contribution is 2.53. The van der Waals surface area contributed by atoms with Gasteiger partial charge in [-0.25, -0.2) is 0 Å². The molecule has 0 unspecified atom stereocenters. The van der Waals surface area contributed by atoms with E-state index in [2.05, 4.69) is 398 Å². The number of carbonyl (C=O) groups is 3. The first-order valence-electron chi connectivity index (χ1n) is 42.7. The summed E-state index contributed by atoms with van der Waals surface area (Å²) in [4.78, 5) is 39.3. The molecule has 0 aliphatic rings. The maximum absolute atomic E-state index is 13.2. The zero-order valence-corrected chi connectivity index (χ0v) is 73.9. The highest BCUT2D eigenvalue weighted by Gasteiger charge is 2.39. The molecule has 0 saturated heterocycles. The first kappa shape index (κ1) is 80.9. The van der Waals surface area contributed by atoms with Gasteiger partial charge in [0, 0.05) is 54.2 Å². The number of fused-ring (bicyclic) bond motifs is 18. The Kier molecular flexibility index (Phi) is 19.7. The zero-order valence-electron chi connectivity index (χ0n) is 73.9. The van der Waals surface area contributed by atoms with Gasteiger partial charge in [0.1, 0.15) is 17.2 Å². The Hall–Kier alpha value is -12.5. The number of rotatable bonds is 11. The molecule has 17 aromatic carbocycles. The van der Waals surface area contributed by atoms with Gasteiger partial charge in [-0.05, 0) is 281 Å². The van der Waals surface area contributed by atoms with Gasteiger partial charge in [0.2, 0.25) is 0 Å². The molecule has 0 aromatic heterocycles. The lowest BCUT2D eigenvalue weighted by molar-refractivity contribution is -0.133. The summed E-state index contributed by atoms with van der Waals surface area (Å²) >= 11 is 0. The van der Waals surface area contributed by atoms with Gasteiger partial charge in [0.25, 0.3) is 0 Å². The Labute approximate surface area is 712 Å². The van der Waals surface area contributed by atoms with Crippen LogP contribution in [-0.2, 0) is 52.3 Å². The van der Waals surface area contributed by atoms with Crippen molar-refractivity contribution >= 4 is 115 Å². The molecule has 17 rings (SSSR count). The van der Waals surface area contributed by atoms with Crippen molar-refractivity contribution < 1.29 is 28.6 Å². The van der Waals surface area contributed by atoms with Crippen molar-refractivity contribution in [2.24, 2.45) is 0 Å². The minimum Gasteiger partial charge on any atom is -0.426 e. The number of benzene rings is 17. The van der Waals surface area contributed by atoms with Crippen molar-refractivity contribution in [3.8, 4) is 61.8 Å². The number of hydrogen-bond donors (Lipinski definition) is 0. The lowest BCUT2D eigenvalue weighted by atomic mass is 9.65. The van der Waals surface area contributed by atoms with E-state index < -0.39 is 5.41 Å². The van der Waals surface area contributed by atoms with Crippen LogP contribution in [0.4, 0.5) is 0 Å². The average Bonchev–Trinajstić information content (AvgIpc) is 0.699. The normalized spacial score (nSPS) is 12.8. The second-order valence-corrected chi connectivity index (χ2v) is 39.9. The average molecular weight is 1590 g/mol. The fourth-order valence-corrected chi connectivity index (χ4v) is 19.1. The van der Waals surface area contributed by atoms with Crippen LogP contribution < -0.4 is 14.2 Å². The molecule has 0 fully saturated rings. The standard InChI is InChI=1S/C115H108O6/c1-67(116)119-106-100(109(4,5)6)57-75(58-101(106)110(7,8)9)72-45-51-85-88(54-72)82-39-31-32-40-83(82)92-64-97-91-56-74(77-61-104(113(16,17)18)108(121-69(3)118)105(62-77)114(19,20)21)46-52-87(91)95-63-94-86-49-43-71(70-41-47-81(48-42-70)115(78-33-25-22-26-34-78,79-35-27-23-28-36-79)80-37-29-24-30-38-80)53-89(86)84-50-44-73(55-90(84)96(94)66-98(95)99(97)65-93(85)92)76-59-102(111(10,11)12)107(120-68(2)117)103(60-76)112(13,14)15/h22-66H,1-21H3. The monoisotopic (exact) mass is 1580 g/mol. The third-order valence-corrected chi connectivity index (χ3v) is 25.1. The minimum absolute atomic E-state index is 0.338. The van der Waals surface area contributed by atoms with Crippen LogP contribution in [0.1, 0.15) is 201 Å². The van der Waals surface area contributed by atoms with E-state index in [1.165, 1.54) is 43.0 Å². The summed E-state index contributed by atoms with van der Waals surface area (Å²) in [5.41, 5.74) is 16.3. The van der Waals surface area contributed by atoms with Gasteiger partial charge in [-0.2, -0.15) is 0 Å². The van der Waals surface area contributed by atoms with E-state index in [0.29, 0.717) is 17.2 Å². The molecule has 0 heterocycles. The van der Waals surface area contributed by atoms with Gasteiger partial charge >= 0.3 is 17.9 Å². The molecule has 604 valence electrons. The molecule has 121 heavy (non-hydrogen) atoms. The van der Waals surface area contributed by atoms with E-state index in [1.54, 1.807) is 0 Å². The molecule has 0 atom stereocenters. The molecule has 0 saturated carbocycles. The molecule has 0 amide bonds. The Morgan fingerprint density at radius 1 is 0.182 bits per heavy atom. The summed E-state index contributed by atoms with van der Waals surface area (Å²) in [6.45, 7) is 44.0. The number of carbonyl (C=O) groups excluding carboxylic acids is 3. The summed E-state index contributed by atoms with van der Waals surface area (Å²) < 4.78 is 18.7. The summed E-state index contributed by atoms with van der Waals surface area (Å²) in [7, 11) is 0. The van der Waals surface area contributed by atoms with E-state index in [-0.39, 0.29) is 50.4 Å². The Balaban J connectivity index is 0.979. The molecule has 0 spiro atoms. The van der Waals surface area contributed by atoms with Crippen molar-refractivity contribution in [3.63, 3.8) is 0 Å². The van der Waals surface area contributed by atoms with Crippen LogP contribution in [0.25, 0.3) is 141 Å². The van der Waals surface area contributed by atoms with Gasteiger partial charge in [0.05, 0.1) is 5.41 Å². The Bertz CT molecular complexity index is 6940. The maximum Gasteiger partial charge on any atom is 0.308 e. The van der Waals surface area contributed by atoms with Gasteiger partial charge in [-0.3, -0.25) is 14.4 Å². The second-order valence-electron chi connectivity index (χ2n) is 39.9.